The molecule has 4 rings (SSSR count). The third-order valence-electron chi connectivity index (χ3n) is 4.91. The molecule has 0 saturated carbocycles. The highest BCUT2D eigenvalue weighted by atomic mass is 32.1. The maximum absolute atomic E-state index is 13.0. The molecule has 4 N–H and O–H groups in total. The van der Waals surface area contributed by atoms with Crippen LogP contribution >= 0.6 is 11.3 Å². The fourth-order valence-corrected chi connectivity index (χ4v) is 4.23. The number of carbonyl (C=O) groups excluding carboxylic acids is 1. The number of benzene rings is 1. The number of amides is 1. The predicted molar refractivity (Wildman–Crippen MR) is 114 cm³/mol. The quantitative estimate of drug-likeness (QED) is 0.466. The van der Waals surface area contributed by atoms with E-state index in [2.05, 4.69) is 15.3 Å². The summed E-state index contributed by atoms with van der Waals surface area (Å²) >= 11 is 1.59. The van der Waals surface area contributed by atoms with Crippen molar-refractivity contribution in [2.45, 2.75) is 19.4 Å². The molecule has 28 heavy (non-hydrogen) atoms. The van der Waals surface area contributed by atoms with Gasteiger partial charge in [0, 0.05) is 35.6 Å². The van der Waals surface area contributed by atoms with E-state index in [1.54, 1.807) is 17.5 Å². The highest BCUT2D eigenvalue weighted by Gasteiger charge is 2.18. The first kappa shape index (κ1) is 18.4. The molecule has 1 unspecified atom stereocenters. The Morgan fingerprint density at radius 3 is 2.82 bits per heavy atom. The molecule has 3 aromatic heterocycles. The number of nitrogens with one attached hydrogen (secondary N) is 2. The lowest BCUT2D eigenvalue weighted by Crippen LogP contribution is -2.33. The van der Waals surface area contributed by atoms with E-state index in [9.17, 15) is 4.79 Å². The van der Waals surface area contributed by atoms with Gasteiger partial charge in [-0.3, -0.25) is 4.79 Å². The molecule has 0 fully saturated rings. The largest absolute Gasteiger partial charge is 0.346 e. The van der Waals surface area contributed by atoms with Crippen molar-refractivity contribution >= 4 is 28.3 Å². The standard InChI is InChI=1S/C22H22N4OS/c1-14-2-4-15(5-3-14)19(13-23)26-22(27)18-8-11-28-20(18)12-16-6-9-24-21-17(16)7-10-25-21/h2-11,19H,12-13,23H2,1H3,(H,24,25)(H,26,27). The summed E-state index contributed by atoms with van der Waals surface area (Å²) in [5.74, 6) is -0.0911. The molecule has 0 radical (unpaired) electrons. The minimum atomic E-state index is -0.210. The maximum Gasteiger partial charge on any atom is 0.252 e. The van der Waals surface area contributed by atoms with E-state index in [1.807, 2.05) is 61.0 Å². The van der Waals surface area contributed by atoms with Gasteiger partial charge in [0.15, 0.2) is 0 Å². The lowest BCUT2D eigenvalue weighted by atomic mass is 10.0. The van der Waals surface area contributed by atoms with E-state index >= 15 is 0 Å². The summed E-state index contributed by atoms with van der Waals surface area (Å²) in [5, 5.41) is 6.13. The fraction of sp³-hybridized carbons (Fsp3) is 0.182. The number of aromatic amines is 1. The van der Waals surface area contributed by atoms with Gasteiger partial charge in [-0.2, -0.15) is 0 Å². The fourth-order valence-electron chi connectivity index (χ4n) is 3.34. The van der Waals surface area contributed by atoms with E-state index in [1.165, 1.54) is 5.56 Å². The zero-order chi connectivity index (χ0) is 19.5. The predicted octanol–water partition coefficient (Wildman–Crippen LogP) is 3.95. The second kappa shape index (κ2) is 7.96. The zero-order valence-electron chi connectivity index (χ0n) is 15.6. The van der Waals surface area contributed by atoms with Crippen molar-refractivity contribution < 1.29 is 4.79 Å². The Morgan fingerprint density at radius 2 is 2.04 bits per heavy atom. The van der Waals surface area contributed by atoms with Crippen LogP contribution in [0.2, 0.25) is 0 Å². The van der Waals surface area contributed by atoms with Crippen molar-refractivity contribution in [3.8, 4) is 0 Å². The molecule has 0 bridgehead atoms. The van der Waals surface area contributed by atoms with Gasteiger partial charge < -0.3 is 16.0 Å². The van der Waals surface area contributed by atoms with Gasteiger partial charge in [0.2, 0.25) is 0 Å². The van der Waals surface area contributed by atoms with Gasteiger partial charge in [-0.1, -0.05) is 29.8 Å². The number of pyridine rings is 1. The summed E-state index contributed by atoms with van der Waals surface area (Å²) in [5.41, 5.74) is 10.8. The number of fused-ring (bicyclic) bond motifs is 1. The van der Waals surface area contributed by atoms with E-state index < -0.39 is 0 Å². The molecule has 1 atom stereocenters. The van der Waals surface area contributed by atoms with Gasteiger partial charge in [0.25, 0.3) is 5.91 Å². The van der Waals surface area contributed by atoms with Crippen LogP contribution in [0.3, 0.4) is 0 Å². The van der Waals surface area contributed by atoms with Gasteiger partial charge in [0.05, 0.1) is 11.6 Å². The van der Waals surface area contributed by atoms with E-state index in [4.69, 9.17) is 5.73 Å². The smallest absolute Gasteiger partial charge is 0.252 e. The number of aryl methyl sites for hydroxylation is 1. The van der Waals surface area contributed by atoms with E-state index in [-0.39, 0.29) is 11.9 Å². The maximum atomic E-state index is 13.0. The number of nitrogens with zero attached hydrogens (tertiary/aromatic N) is 1. The Balaban J connectivity index is 1.55. The van der Waals surface area contributed by atoms with Crippen LogP contribution < -0.4 is 11.1 Å². The molecule has 1 amide bonds. The monoisotopic (exact) mass is 390 g/mol. The van der Waals surface area contributed by atoms with Gasteiger partial charge >= 0.3 is 0 Å². The molecule has 0 spiro atoms. The SMILES string of the molecule is Cc1ccc(C(CN)NC(=O)c2ccsc2Cc2ccnc3[nH]ccc23)cc1. The van der Waals surface area contributed by atoms with Crippen LogP contribution in [0.1, 0.15) is 38.0 Å². The van der Waals surface area contributed by atoms with Crippen molar-refractivity contribution in [1.29, 1.82) is 0 Å². The molecule has 5 nitrogen and oxygen atoms in total. The number of carbonyl (C=O) groups is 1. The van der Waals surface area contributed by atoms with Crippen molar-refractivity contribution in [1.82, 2.24) is 15.3 Å². The summed E-state index contributed by atoms with van der Waals surface area (Å²) in [7, 11) is 0. The van der Waals surface area contributed by atoms with Gasteiger partial charge in [-0.25, -0.2) is 4.98 Å². The van der Waals surface area contributed by atoms with Crippen molar-refractivity contribution in [2.24, 2.45) is 5.73 Å². The molecular formula is C22H22N4OS. The highest BCUT2D eigenvalue weighted by Crippen LogP contribution is 2.25. The molecule has 0 aliphatic heterocycles. The van der Waals surface area contributed by atoms with Crippen molar-refractivity contribution in [3.63, 3.8) is 0 Å². The second-order valence-corrected chi connectivity index (χ2v) is 7.82. The third-order valence-corrected chi connectivity index (χ3v) is 5.83. The first-order chi connectivity index (χ1) is 13.7. The Hall–Kier alpha value is -2.96. The minimum Gasteiger partial charge on any atom is -0.346 e. The zero-order valence-corrected chi connectivity index (χ0v) is 16.4. The highest BCUT2D eigenvalue weighted by molar-refractivity contribution is 7.10. The number of hydrogen-bond acceptors (Lipinski definition) is 4. The van der Waals surface area contributed by atoms with Gasteiger partial charge in [-0.05, 0) is 41.6 Å². The second-order valence-electron chi connectivity index (χ2n) is 6.82. The molecular weight excluding hydrogens is 368 g/mol. The lowest BCUT2D eigenvalue weighted by Gasteiger charge is -2.18. The average molecular weight is 391 g/mol. The summed E-state index contributed by atoms with van der Waals surface area (Å²) in [4.78, 5) is 21.5. The van der Waals surface area contributed by atoms with E-state index in [0.29, 0.717) is 18.5 Å². The summed E-state index contributed by atoms with van der Waals surface area (Å²) < 4.78 is 0. The Kier molecular flexibility index (Phi) is 5.23. The minimum absolute atomic E-state index is 0.0911. The number of thiophene rings is 1. The molecule has 0 aliphatic rings. The van der Waals surface area contributed by atoms with Crippen LogP contribution in [-0.2, 0) is 6.42 Å². The molecule has 3 heterocycles. The number of nitrogens with two attached hydrogens (primary N) is 1. The summed E-state index contributed by atoms with van der Waals surface area (Å²) in [6.07, 6.45) is 4.37. The van der Waals surface area contributed by atoms with Gasteiger partial charge in [-0.15, -0.1) is 11.3 Å². The number of aromatic nitrogens is 2. The number of rotatable bonds is 6. The van der Waals surface area contributed by atoms with Crippen molar-refractivity contribution in [2.75, 3.05) is 6.54 Å². The first-order valence-corrected chi connectivity index (χ1v) is 10.1. The Bertz CT molecular complexity index is 1100. The van der Waals surface area contributed by atoms with Crippen LogP contribution in [0.4, 0.5) is 0 Å². The first-order valence-electron chi connectivity index (χ1n) is 9.20. The molecule has 0 saturated heterocycles. The van der Waals surface area contributed by atoms with Crippen LogP contribution in [0, 0.1) is 6.92 Å². The lowest BCUT2D eigenvalue weighted by molar-refractivity contribution is 0.0937. The average Bonchev–Trinajstić information content (AvgIpc) is 3.36. The molecule has 1 aromatic carbocycles. The normalized spacial score (nSPS) is 12.2. The number of hydrogen-bond donors (Lipinski definition) is 3. The molecule has 6 heteroatoms. The Morgan fingerprint density at radius 1 is 1.21 bits per heavy atom. The summed E-state index contributed by atoms with van der Waals surface area (Å²) in [6, 6.07) is 13.8. The molecule has 142 valence electrons. The van der Waals surface area contributed by atoms with Crippen molar-refractivity contribution in [3.05, 3.63) is 87.4 Å². The van der Waals surface area contributed by atoms with Crippen LogP contribution in [-0.4, -0.2) is 22.4 Å². The van der Waals surface area contributed by atoms with Crippen LogP contribution in [0.5, 0.6) is 0 Å². The topological polar surface area (TPSA) is 83.8 Å². The van der Waals surface area contributed by atoms with Crippen LogP contribution in [0.15, 0.2) is 60.2 Å². The van der Waals surface area contributed by atoms with Gasteiger partial charge in [0.1, 0.15) is 5.65 Å². The summed E-state index contributed by atoms with van der Waals surface area (Å²) in [6.45, 7) is 2.39. The Labute approximate surface area is 167 Å². The third kappa shape index (κ3) is 3.69. The molecule has 4 aromatic rings. The van der Waals surface area contributed by atoms with Crippen LogP contribution in [0.25, 0.3) is 11.0 Å². The van der Waals surface area contributed by atoms with E-state index in [0.717, 1.165) is 27.0 Å². The number of H-pyrrole nitrogens is 1. The molecule has 0 aliphatic carbocycles.